The van der Waals surface area contributed by atoms with E-state index >= 15 is 0 Å². The Balaban J connectivity index is 1.65. The first kappa shape index (κ1) is 17.1. The number of anilines is 1. The summed E-state index contributed by atoms with van der Waals surface area (Å²) in [5.41, 5.74) is 0.658. The molecule has 2 heterocycles. The molecule has 1 fully saturated rings. The maximum atomic E-state index is 12.5. The van der Waals surface area contributed by atoms with Gasteiger partial charge in [0.05, 0.1) is 16.9 Å². The molecule has 2 atom stereocenters. The van der Waals surface area contributed by atoms with Crippen LogP contribution < -0.4 is 5.32 Å². The van der Waals surface area contributed by atoms with E-state index in [0.717, 1.165) is 4.90 Å². The first-order chi connectivity index (χ1) is 11.4. The highest BCUT2D eigenvalue weighted by Gasteiger charge is 2.33. The van der Waals surface area contributed by atoms with Gasteiger partial charge in [-0.2, -0.15) is 0 Å². The van der Waals surface area contributed by atoms with Crippen LogP contribution in [0.25, 0.3) is 0 Å². The smallest absolute Gasteiger partial charge is 0.308 e. The SMILES string of the molecule is O=C(O)C1CCCN(C(=O)CC2Sc3ccc(Cl)cc3NC2=O)C1. The molecule has 0 bridgehead atoms. The van der Waals surface area contributed by atoms with Crippen molar-refractivity contribution in [1.82, 2.24) is 4.90 Å². The van der Waals surface area contributed by atoms with Crippen LogP contribution >= 0.6 is 23.4 Å². The summed E-state index contributed by atoms with van der Waals surface area (Å²) >= 11 is 7.26. The number of halogens is 1. The van der Waals surface area contributed by atoms with Gasteiger partial charge in [0.2, 0.25) is 11.8 Å². The second-order valence-corrected chi connectivity index (χ2v) is 7.64. The molecular weight excluding hydrogens is 352 g/mol. The Hall–Kier alpha value is -1.73. The molecule has 1 aromatic carbocycles. The van der Waals surface area contributed by atoms with Crippen LogP contribution in [0.15, 0.2) is 23.1 Å². The fraction of sp³-hybridized carbons (Fsp3) is 0.438. The molecule has 2 amide bonds. The predicted octanol–water partition coefficient (Wildman–Crippen LogP) is 2.47. The average molecular weight is 369 g/mol. The number of fused-ring (bicyclic) bond motifs is 1. The number of thioether (sulfide) groups is 1. The first-order valence-electron chi connectivity index (χ1n) is 7.71. The molecule has 0 spiro atoms. The van der Waals surface area contributed by atoms with Crippen molar-refractivity contribution >= 4 is 46.8 Å². The standard InChI is InChI=1S/C16H17ClN2O4S/c17-10-3-4-12-11(6-10)18-15(21)13(24-12)7-14(20)19-5-1-2-9(8-19)16(22)23/h3-4,6,9,13H,1-2,5,7-8H2,(H,18,21)(H,22,23). The topological polar surface area (TPSA) is 86.7 Å². The zero-order valence-electron chi connectivity index (χ0n) is 12.8. The van der Waals surface area contributed by atoms with Crippen LogP contribution in [0.3, 0.4) is 0 Å². The number of hydrogen-bond acceptors (Lipinski definition) is 4. The van der Waals surface area contributed by atoms with E-state index in [1.54, 1.807) is 17.0 Å². The number of rotatable bonds is 3. The summed E-state index contributed by atoms with van der Waals surface area (Å²) < 4.78 is 0. The minimum absolute atomic E-state index is 0.0604. The Morgan fingerprint density at radius 1 is 1.42 bits per heavy atom. The molecule has 2 aliphatic rings. The molecule has 0 aliphatic carbocycles. The Morgan fingerprint density at radius 3 is 2.96 bits per heavy atom. The number of carbonyl (C=O) groups excluding carboxylic acids is 2. The van der Waals surface area contributed by atoms with E-state index in [-0.39, 0.29) is 24.8 Å². The minimum atomic E-state index is -0.872. The van der Waals surface area contributed by atoms with Gasteiger partial charge in [-0.05, 0) is 31.0 Å². The molecule has 3 rings (SSSR count). The van der Waals surface area contributed by atoms with Gasteiger partial charge in [-0.15, -0.1) is 11.8 Å². The molecule has 1 aromatic rings. The van der Waals surface area contributed by atoms with Crippen LogP contribution in [0.1, 0.15) is 19.3 Å². The van der Waals surface area contributed by atoms with E-state index in [4.69, 9.17) is 16.7 Å². The van der Waals surface area contributed by atoms with Crippen molar-refractivity contribution in [3.63, 3.8) is 0 Å². The van der Waals surface area contributed by atoms with Gasteiger partial charge >= 0.3 is 5.97 Å². The number of likely N-dealkylation sites (tertiary alicyclic amines) is 1. The molecule has 128 valence electrons. The zero-order valence-corrected chi connectivity index (χ0v) is 14.4. The van der Waals surface area contributed by atoms with E-state index in [2.05, 4.69) is 5.32 Å². The summed E-state index contributed by atoms with van der Waals surface area (Å²) in [7, 11) is 0. The lowest BCUT2D eigenvalue weighted by Gasteiger charge is -2.32. The molecule has 6 nitrogen and oxygen atoms in total. The summed E-state index contributed by atoms with van der Waals surface area (Å²) in [4.78, 5) is 38.2. The fourth-order valence-corrected chi connectivity index (χ4v) is 4.20. The summed E-state index contributed by atoms with van der Waals surface area (Å²) in [6.07, 6.45) is 1.32. The monoisotopic (exact) mass is 368 g/mol. The van der Waals surface area contributed by atoms with E-state index in [1.165, 1.54) is 11.8 Å². The van der Waals surface area contributed by atoms with Crippen molar-refractivity contribution in [3.05, 3.63) is 23.2 Å². The predicted molar refractivity (Wildman–Crippen MR) is 91.3 cm³/mol. The summed E-state index contributed by atoms with van der Waals surface area (Å²) in [5.74, 6) is -1.79. The van der Waals surface area contributed by atoms with E-state index in [0.29, 0.717) is 30.1 Å². The maximum Gasteiger partial charge on any atom is 0.308 e. The second kappa shape index (κ2) is 7.03. The average Bonchev–Trinajstić information content (AvgIpc) is 2.55. The Bertz CT molecular complexity index is 697. The lowest BCUT2D eigenvalue weighted by atomic mass is 9.98. The molecule has 1 saturated heterocycles. The second-order valence-electron chi connectivity index (χ2n) is 5.96. The lowest BCUT2D eigenvalue weighted by molar-refractivity contribution is -0.146. The Labute approximate surface area is 148 Å². The quantitative estimate of drug-likeness (QED) is 0.855. The van der Waals surface area contributed by atoms with Crippen molar-refractivity contribution < 1.29 is 19.5 Å². The first-order valence-corrected chi connectivity index (χ1v) is 8.97. The molecule has 2 N–H and O–H groups in total. The van der Waals surface area contributed by atoms with Crippen LogP contribution in [0.4, 0.5) is 5.69 Å². The molecule has 0 radical (unpaired) electrons. The molecule has 24 heavy (non-hydrogen) atoms. The number of amides is 2. The molecule has 0 saturated carbocycles. The molecule has 0 aromatic heterocycles. The van der Waals surface area contributed by atoms with Gasteiger partial charge in [0.25, 0.3) is 0 Å². The van der Waals surface area contributed by atoms with Gasteiger partial charge in [0, 0.05) is 29.4 Å². The lowest BCUT2D eigenvalue weighted by Crippen LogP contribution is -2.44. The number of piperidine rings is 1. The van der Waals surface area contributed by atoms with Crippen molar-refractivity contribution in [1.29, 1.82) is 0 Å². The van der Waals surface area contributed by atoms with Crippen LogP contribution in [0, 0.1) is 5.92 Å². The zero-order chi connectivity index (χ0) is 17.3. The number of hydrogen-bond donors (Lipinski definition) is 2. The maximum absolute atomic E-state index is 12.5. The van der Waals surface area contributed by atoms with Gasteiger partial charge in [-0.1, -0.05) is 11.6 Å². The fourth-order valence-electron chi connectivity index (χ4n) is 2.95. The molecule has 2 aliphatic heterocycles. The largest absolute Gasteiger partial charge is 0.481 e. The van der Waals surface area contributed by atoms with E-state index < -0.39 is 17.1 Å². The van der Waals surface area contributed by atoms with Gasteiger partial charge in [0.15, 0.2) is 0 Å². The number of nitrogens with zero attached hydrogens (tertiary/aromatic N) is 1. The normalized spacial score (nSPS) is 23.4. The van der Waals surface area contributed by atoms with Gasteiger partial charge < -0.3 is 15.3 Å². The third-order valence-corrected chi connectivity index (χ3v) is 5.75. The number of nitrogens with one attached hydrogen (secondary N) is 1. The highest BCUT2D eigenvalue weighted by Crippen LogP contribution is 2.38. The molecule has 8 heteroatoms. The number of aliphatic carboxylic acids is 1. The van der Waals surface area contributed by atoms with Crippen LogP contribution in [0.5, 0.6) is 0 Å². The third-order valence-electron chi connectivity index (χ3n) is 4.24. The van der Waals surface area contributed by atoms with Crippen molar-refractivity contribution in [2.24, 2.45) is 5.92 Å². The van der Waals surface area contributed by atoms with Crippen LogP contribution in [-0.2, 0) is 14.4 Å². The van der Waals surface area contributed by atoms with Crippen molar-refractivity contribution in [2.45, 2.75) is 29.4 Å². The van der Waals surface area contributed by atoms with Crippen molar-refractivity contribution in [2.75, 3.05) is 18.4 Å². The van der Waals surface area contributed by atoms with Gasteiger partial charge in [0.1, 0.15) is 0 Å². The minimum Gasteiger partial charge on any atom is -0.481 e. The van der Waals surface area contributed by atoms with E-state index in [1.807, 2.05) is 6.07 Å². The summed E-state index contributed by atoms with van der Waals surface area (Å²) in [6, 6.07) is 5.24. The highest BCUT2D eigenvalue weighted by atomic mass is 35.5. The van der Waals surface area contributed by atoms with Gasteiger partial charge in [-0.25, -0.2) is 0 Å². The molecular formula is C16H17ClN2O4S. The Morgan fingerprint density at radius 2 is 2.21 bits per heavy atom. The van der Waals surface area contributed by atoms with Crippen molar-refractivity contribution in [3.8, 4) is 0 Å². The Kier molecular flexibility index (Phi) is 5.01. The number of carbonyl (C=O) groups is 3. The summed E-state index contributed by atoms with van der Waals surface area (Å²) in [5, 5.41) is 11.9. The van der Waals surface area contributed by atoms with Gasteiger partial charge in [-0.3, -0.25) is 14.4 Å². The van der Waals surface area contributed by atoms with Crippen LogP contribution in [-0.4, -0.2) is 46.1 Å². The third kappa shape index (κ3) is 3.67. The molecule has 2 unspecified atom stereocenters. The highest BCUT2D eigenvalue weighted by molar-refractivity contribution is 8.01. The number of carboxylic acids is 1. The number of benzene rings is 1. The number of carboxylic acid groups (broad SMARTS) is 1. The van der Waals surface area contributed by atoms with E-state index in [9.17, 15) is 14.4 Å². The summed E-state index contributed by atoms with van der Waals surface area (Å²) in [6.45, 7) is 0.771. The van der Waals surface area contributed by atoms with Crippen LogP contribution in [0.2, 0.25) is 5.02 Å².